The molecule has 18 heavy (non-hydrogen) atoms. The summed E-state index contributed by atoms with van der Waals surface area (Å²) in [5.74, 6) is 0.810. The highest BCUT2D eigenvalue weighted by Gasteiger charge is 2.09. The molecule has 3 heteroatoms. The molecule has 1 heterocycles. The lowest BCUT2D eigenvalue weighted by Crippen LogP contribution is -2.03. The largest absolute Gasteiger partial charge is 0.238 e. The van der Waals surface area contributed by atoms with Gasteiger partial charge in [0.2, 0.25) is 0 Å². The van der Waals surface area contributed by atoms with E-state index in [2.05, 4.69) is 41.2 Å². The summed E-state index contributed by atoms with van der Waals surface area (Å²) in [6, 6.07) is 8.47. The van der Waals surface area contributed by atoms with Crippen molar-refractivity contribution in [2.45, 2.75) is 33.6 Å². The normalized spacial score (nSPS) is 10.7. The van der Waals surface area contributed by atoms with Gasteiger partial charge in [-0.2, -0.15) is 0 Å². The quantitative estimate of drug-likeness (QED) is 0.783. The molecule has 0 spiro atoms. The van der Waals surface area contributed by atoms with Crippen LogP contribution in [0.15, 0.2) is 24.3 Å². The van der Waals surface area contributed by atoms with Crippen LogP contribution in [0, 0.1) is 13.8 Å². The van der Waals surface area contributed by atoms with Crippen molar-refractivity contribution in [1.29, 1.82) is 0 Å². The first-order valence-electron chi connectivity index (χ1n) is 6.17. The number of halogens is 1. The maximum Gasteiger partial charge on any atom is 0.136 e. The molecular formula is C15H17ClN2. The Morgan fingerprint density at radius 2 is 1.72 bits per heavy atom. The van der Waals surface area contributed by atoms with Gasteiger partial charge < -0.3 is 0 Å². The van der Waals surface area contributed by atoms with Crippen molar-refractivity contribution in [3.63, 3.8) is 0 Å². The van der Waals surface area contributed by atoms with Crippen LogP contribution in [-0.4, -0.2) is 9.97 Å². The van der Waals surface area contributed by atoms with Crippen LogP contribution in [0.3, 0.4) is 0 Å². The lowest BCUT2D eigenvalue weighted by atomic mass is 10.0. The van der Waals surface area contributed by atoms with Gasteiger partial charge in [-0.05, 0) is 19.4 Å². The Bertz CT molecular complexity index is 524. The summed E-state index contributed by atoms with van der Waals surface area (Å²) in [5, 5.41) is 0.583. The molecule has 1 aromatic carbocycles. The third kappa shape index (κ3) is 2.88. The summed E-state index contributed by atoms with van der Waals surface area (Å²) in [6.07, 6.45) is 1.60. The summed E-state index contributed by atoms with van der Waals surface area (Å²) in [7, 11) is 0. The van der Waals surface area contributed by atoms with E-state index < -0.39 is 0 Å². The number of aryl methyl sites for hydroxylation is 3. The maximum absolute atomic E-state index is 6.24. The molecule has 0 saturated carbocycles. The van der Waals surface area contributed by atoms with Crippen molar-refractivity contribution in [3.8, 4) is 0 Å². The molecule has 0 amide bonds. The summed E-state index contributed by atoms with van der Waals surface area (Å²) >= 11 is 6.24. The third-order valence-corrected chi connectivity index (χ3v) is 3.34. The summed E-state index contributed by atoms with van der Waals surface area (Å²) in [5.41, 5.74) is 4.50. The SMILES string of the molecule is CCc1nc(C)c(Cc2ccc(C)cc2)c(Cl)n1. The Kier molecular flexibility index (Phi) is 3.97. The van der Waals surface area contributed by atoms with Gasteiger partial charge in [-0.25, -0.2) is 9.97 Å². The number of hydrogen-bond donors (Lipinski definition) is 0. The lowest BCUT2D eigenvalue weighted by molar-refractivity contribution is 0.893. The van der Waals surface area contributed by atoms with Crippen molar-refractivity contribution in [2.24, 2.45) is 0 Å². The van der Waals surface area contributed by atoms with Gasteiger partial charge in [0.15, 0.2) is 0 Å². The Morgan fingerprint density at radius 3 is 2.28 bits per heavy atom. The first-order chi connectivity index (χ1) is 8.60. The average molecular weight is 261 g/mol. The topological polar surface area (TPSA) is 25.8 Å². The molecule has 2 nitrogen and oxygen atoms in total. The zero-order valence-corrected chi connectivity index (χ0v) is 11.8. The predicted molar refractivity (Wildman–Crippen MR) is 75.1 cm³/mol. The highest BCUT2D eigenvalue weighted by Crippen LogP contribution is 2.20. The van der Waals surface area contributed by atoms with E-state index in [1.54, 1.807) is 0 Å². The molecule has 0 aliphatic rings. The zero-order valence-electron chi connectivity index (χ0n) is 11.0. The van der Waals surface area contributed by atoms with Crippen molar-refractivity contribution < 1.29 is 0 Å². The Labute approximate surface area is 113 Å². The van der Waals surface area contributed by atoms with Crippen molar-refractivity contribution >= 4 is 11.6 Å². The minimum Gasteiger partial charge on any atom is -0.238 e. The van der Waals surface area contributed by atoms with Crippen LogP contribution in [-0.2, 0) is 12.8 Å². The van der Waals surface area contributed by atoms with Gasteiger partial charge in [0, 0.05) is 24.1 Å². The highest BCUT2D eigenvalue weighted by atomic mass is 35.5. The number of rotatable bonds is 3. The Hall–Kier alpha value is -1.41. The molecule has 2 rings (SSSR count). The van der Waals surface area contributed by atoms with Gasteiger partial charge in [0.1, 0.15) is 11.0 Å². The molecule has 0 fully saturated rings. The first-order valence-corrected chi connectivity index (χ1v) is 6.55. The molecule has 0 bridgehead atoms. The minimum absolute atomic E-state index is 0.583. The molecule has 94 valence electrons. The number of aromatic nitrogens is 2. The van der Waals surface area contributed by atoms with E-state index >= 15 is 0 Å². The fraction of sp³-hybridized carbons (Fsp3) is 0.333. The molecule has 0 aliphatic carbocycles. The molecule has 0 radical (unpaired) electrons. The fourth-order valence-corrected chi connectivity index (χ4v) is 2.19. The summed E-state index contributed by atoms with van der Waals surface area (Å²) in [6.45, 7) is 6.11. The second-order valence-electron chi connectivity index (χ2n) is 4.51. The van der Waals surface area contributed by atoms with Crippen LogP contribution >= 0.6 is 11.6 Å². The van der Waals surface area contributed by atoms with Crippen LogP contribution in [0.1, 0.15) is 35.1 Å². The second-order valence-corrected chi connectivity index (χ2v) is 4.87. The first kappa shape index (κ1) is 13.0. The number of benzene rings is 1. The number of hydrogen-bond acceptors (Lipinski definition) is 2. The van der Waals surface area contributed by atoms with Crippen molar-refractivity contribution in [2.75, 3.05) is 0 Å². The standard InChI is InChI=1S/C15H17ClN2/c1-4-14-17-11(3)13(15(16)18-14)9-12-7-5-10(2)6-8-12/h5-8H,4,9H2,1-3H3. The van der Waals surface area contributed by atoms with Crippen LogP contribution in [0.5, 0.6) is 0 Å². The van der Waals surface area contributed by atoms with Gasteiger partial charge >= 0.3 is 0 Å². The molecular weight excluding hydrogens is 244 g/mol. The molecule has 0 unspecified atom stereocenters. The fourth-order valence-electron chi connectivity index (χ4n) is 1.89. The van der Waals surface area contributed by atoms with E-state index in [0.717, 1.165) is 29.9 Å². The van der Waals surface area contributed by atoms with Gasteiger partial charge in [-0.3, -0.25) is 0 Å². The molecule has 0 saturated heterocycles. The van der Waals surface area contributed by atoms with Crippen LogP contribution in [0.2, 0.25) is 5.15 Å². The predicted octanol–water partition coefficient (Wildman–Crippen LogP) is 3.90. The summed E-state index contributed by atoms with van der Waals surface area (Å²) in [4.78, 5) is 8.79. The highest BCUT2D eigenvalue weighted by molar-refractivity contribution is 6.30. The van der Waals surface area contributed by atoms with Gasteiger partial charge in [-0.1, -0.05) is 48.4 Å². The third-order valence-electron chi connectivity index (χ3n) is 3.03. The van der Waals surface area contributed by atoms with E-state index in [1.165, 1.54) is 11.1 Å². The van der Waals surface area contributed by atoms with E-state index in [9.17, 15) is 0 Å². The molecule has 2 aromatic rings. The second kappa shape index (κ2) is 5.49. The molecule has 0 N–H and O–H groups in total. The van der Waals surface area contributed by atoms with Gasteiger partial charge in [-0.15, -0.1) is 0 Å². The Balaban J connectivity index is 2.31. The maximum atomic E-state index is 6.24. The van der Waals surface area contributed by atoms with Crippen molar-refractivity contribution in [3.05, 3.63) is 57.6 Å². The lowest BCUT2D eigenvalue weighted by Gasteiger charge is -2.09. The zero-order chi connectivity index (χ0) is 13.1. The Morgan fingerprint density at radius 1 is 1.06 bits per heavy atom. The van der Waals surface area contributed by atoms with E-state index in [1.807, 2.05) is 13.8 Å². The average Bonchev–Trinajstić information content (AvgIpc) is 2.35. The van der Waals surface area contributed by atoms with Crippen molar-refractivity contribution in [1.82, 2.24) is 9.97 Å². The van der Waals surface area contributed by atoms with Crippen LogP contribution in [0.25, 0.3) is 0 Å². The molecule has 1 aromatic heterocycles. The molecule has 0 aliphatic heterocycles. The van der Waals surface area contributed by atoms with Gasteiger partial charge in [0.25, 0.3) is 0 Å². The monoisotopic (exact) mass is 260 g/mol. The van der Waals surface area contributed by atoms with Crippen LogP contribution in [0.4, 0.5) is 0 Å². The van der Waals surface area contributed by atoms with E-state index in [4.69, 9.17) is 11.6 Å². The number of nitrogens with zero attached hydrogens (tertiary/aromatic N) is 2. The van der Waals surface area contributed by atoms with E-state index in [-0.39, 0.29) is 0 Å². The minimum atomic E-state index is 0.583. The van der Waals surface area contributed by atoms with E-state index in [0.29, 0.717) is 5.15 Å². The van der Waals surface area contributed by atoms with Crippen LogP contribution < -0.4 is 0 Å². The molecule has 0 atom stereocenters. The van der Waals surface area contributed by atoms with Gasteiger partial charge in [0.05, 0.1) is 0 Å². The summed E-state index contributed by atoms with van der Waals surface area (Å²) < 4.78 is 0. The smallest absolute Gasteiger partial charge is 0.136 e.